The van der Waals surface area contributed by atoms with E-state index in [1.54, 1.807) is 18.5 Å². The van der Waals surface area contributed by atoms with Crippen molar-refractivity contribution in [3.05, 3.63) is 35.0 Å². The van der Waals surface area contributed by atoms with Crippen molar-refractivity contribution in [2.45, 2.75) is 57.9 Å². The van der Waals surface area contributed by atoms with Gasteiger partial charge in [0.15, 0.2) is 17.5 Å². The molecule has 3 N–H and O–H groups in total. The number of carboxylic acids is 1. The van der Waals surface area contributed by atoms with Gasteiger partial charge in [-0.05, 0) is 18.9 Å². The fourth-order valence-corrected chi connectivity index (χ4v) is 4.26. The molecule has 0 spiro atoms. The molecule has 0 aromatic carbocycles. The number of halogens is 2. The maximum Gasteiger partial charge on any atom is 0.308 e. The summed E-state index contributed by atoms with van der Waals surface area (Å²) in [6.07, 6.45) is 6.21. The maximum atomic E-state index is 15.5. The van der Waals surface area contributed by atoms with Gasteiger partial charge < -0.3 is 15.4 Å². The number of carboxylic acid groups (broad SMARTS) is 1. The second-order valence-electron chi connectivity index (χ2n) is 9.04. The molecule has 164 valence electrons. The number of aromatic amines is 1. The van der Waals surface area contributed by atoms with E-state index in [1.165, 1.54) is 0 Å². The van der Waals surface area contributed by atoms with E-state index in [0.717, 1.165) is 18.2 Å². The molecule has 3 heterocycles. The summed E-state index contributed by atoms with van der Waals surface area (Å²) in [5.41, 5.74) is 0.945. The van der Waals surface area contributed by atoms with Crippen LogP contribution in [0.15, 0.2) is 18.5 Å². The van der Waals surface area contributed by atoms with Gasteiger partial charge in [-0.1, -0.05) is 45.2 Å². The molecule has 1 aliphatic rings. The van der Waals surface area contributed by atoms with E-state index in [2.05, 4.69) is 25.3 Å². The Balaban J connectivity index is 1.83. The number of anilines is 1. The molecule has 31 heavy (non-hydrogen) atoms. The fraction of sp³-hybridized carbons (Fsp3) is 0.455. The van der Waals surface area contributed by atoms with Gasteiger partial charge in [0.25, 0.3) is 0 Å². The normalized spacial score (nSPS) is 19.5. The number of fused-ring (bicyclic) bond motifs is 1. The molecule has 1 saturated carbocycles. The summed E-state index contributed by atoms with van der Waals surface area (Å²) in [4.78, 5) is 28.1. The highest BCUT2D eigenvalue weighted by atomic mass is 35.5. The summed E-state index contributed by atoms with van der Waals surface area (Å²) in [6, 6.07) is 1.36. The molecular formula is C22H25ClFN5O2. The van der Waals surface area contributed by atoms with E-state index in [9.17, 15) is 9.90 Å². The minimum atomic E-state index is -0.875. The van der Waals surface area contributed by atoms with Crippen LogP contribution in [0.1, 0.15) is 52.1 Å². The molecule has 0 radical (unpaired) electrons. The van der Waals surface area contributed by atoms with Crippen LogP contribution in [0.25, 0.3) is 22.4 Å². The van der Waals surface area contributed by atoms with Crippen molar-refractivity contribution in [3.8, 4) is 11.4 Å². The Morgan fingerprint density at radius 2 is 2.03 bits per heavy atom. The van der Waals surface area contributed by atoms with Crippen LogP contribution >= 0.6 is 11.6 Å². The SMILES string of the molecule is CC(C)(C)c1nc(-c2c[nH]c3ncc(Cl)cc23)nc(NC2CCCCC2C(=O)O)c1F. The summed E-state index contributed by atoms with van der Waals surface area (Å²) in [5.74, 6) is -1.66. The zero-order chi connectivity index (χ0) is 22.3. The zero-order valence-electron chi connectivity index (χ0n) is 17.7. The molecule has 4 rings (SSSR count). The van der Waals surface area contributed by atoms with Crippen molar-refractivity contribution >= 4 is 34.4 Å². The molecule has 0 amide bonds. The van der Waals surface area contributed by atoms with Gasteiger partial charge >= 0.3 is 5.97 Å². The molecule has 3 aromatic heterocycles. The molecule has 0 saturated heterocycles. The van der Waals surface area contributed by atoms with Crippen molar-refractivity contribution in [2.24, 2.45) is 5.92 Å². The summed E-state index contributed by atoms with van der Waals surface area (Å²) < 4.78 is 15.5. The number of hydrogen-bond donors (Lipinski definition) is 3. The van der Waals surface area contributed by atoms with Crippen LogP contribution in [0.3, 0.4) is 0 Å². The molecule has 2 atom stereocenters. The lowest BCUT2D eigenvalue weighted by atomic mass is 9.84. The van der Waals surface area contributed by atoms with Crippen molar-refractivity contribution < 1.29 is 14.3 Å². The lowest BCUT2D eigenvalue weighted by Gasteiger charge is -2.30. The number of pyridine rings is 1. The Kier molecular flexibility index (Phi) is 5.60. The van der Waals surface area contributed by atoms with Crippen LogP contribution in [0.4, 0.5) is 10.2 Å². The van der Waals surface area contributed by atoms with Crippen LogP contribution < -0.4 is 5.32 Å². The average Bonchev–Trinajstić information content (AvgIpc) is 3.12. The predicted octanol–water partition coefficient (Wildman–Crippen LogP) is 5.17. The monoisotopic (exact) mass is 445 g/mol. The number of nitrogens with one attached hydrogen (secondary N) is 2. The van der Waals surface area contributed by atoms with Gasteiger partial charge in [0, 0.05) is 34.8 Å². The van der Waals surface area contributed by atoms with Crippen LogP contribution in [-0.4, -0.2) is 37.1 Å². The first-order chi connectivity index (χ1) is 14.6. The van der Waals surface area contributed by atoms with Crippen LogP contribution in [0.5, 0.6) is 0 Å². The lowest BCUT2D eigenvalue weighted by molar-refractivity contribution is -0.143. The first kappa shape index (κ1) is 21.5. The van der Waals surface area contributed by atoms with Gasteiger partial charge in [-0.3, -0.25) is 4.79 Å². The van der Waals surface area contributed by atoms with E-state index in [0.29, 0.717) is 34.9 Å². The van der Waals surface area contributed by atoms with Gasteiger partial charge in [-0.2, -0.15) is 0 Å². The van der Waals surface area contributed by atoms with Gasteiger partial charge in [-0.25, -0.2) is 19.3 Å². The number of carbonyl (C=O) groups is 1. The fourth-order valence-electron chi connectivity index (χ4n) is 4.10. The quantitative estimate of drug-likeness (QED) is 0.512. The Morgan fingerprint density at radius 3 is 2.74 bits per heavy atom. The molecule has 3 aromatic rings. The summed E-state index contributed by atoms with van der Waals surface area (Å²) in [5, 5.41) is 13.9. The molecule has 1 aliphatic carbocycles. The summed E-state index contributed by atoms with van der Waals surface area (Å²) in [6.45, 7) is 5.63. The van der Waals surface area contributed by atoms with Crippen LogP contribution in [-0.2, 0) is 10.2 Å². The first-order valence-corrected chi connectivity index (χ1v) is 10.7. The number of nitrogens with zero attached hydrogens (tertiary/aromatic N) is 3. The van der Waals surface area contributed by atoms with Gasteiger partial charge in [-0.15, -0.1) is 0 Å². The van der Waals surface area contributed by atoms with E-state index in [1.807, 2.05) is 20.8 Å². The Bertz CT molecular complexity index is 1140. The van der Waals surface area contributed by atoms with Crippen LogP contribution in [0, 0.1) is 11.7 Å². The molecule has 7 nitrogen and oxygen atoms in total. The lowest BCUT2D eigenvalue weighted by Crippen LogP contribution is -2.38. The second kappa shape index (κ2) is 8.07. The highest BCUT2D eigenvalue weighted by Gasteiger charge is 2.33. The maximum absolute atomic E-state index is 15.5. The van der Waals surface area contributed by atoms with Crippen molar-refractivity contribution in [1.82, 2.24) is 19.9 Å². The Morgan fingerprint density at radius 1 is 1.29 bits per heavy atom. The van der Waals surface area contributed by atoms with Crippen molar-refractivity contribution in [1.29, 1.82) is 0 Å². The third kappa shape index (κ3) is 4.21. The molecular weight excluding hydrogens is 421 g/mol. The topological polar surface area (TPSA) is 104 Å². The van der Waals surface area contributed by atoms with Gasteiger partial charge in [0.2, 0.25) is 0 Å². The highest BCUT2D eigenvalue weighted by molar-refractivity contribution is 6.31. The third-order valence-corrected chi connectivity index (χ3v) is 5.91. The molecule has 2 unspecified atom stereocenters. The standard InChI is InChI=1S/C22H25ClFN5O2/c1-22(2,3)17-16(24)20(27-15-7-5-4-6-12(15)21(30)31)29-19(28-17)14-10-26-18-13(14)8-11(23)9-25-18/h8-10,12,15H,4-7H2,1-3H3,(H,25,26)(H,30,31)(H,27,28,29). The number of aliphatic carboxylic acids is 1. The molecule has 1 fully saturated rings. The summed E-state index contributed by atoms with van der Waals surface area (Å²) in [7, 11) is 0. The third-order valence-electron chi connectivity index (χ3n) is 5.71. The molecule has 0 bridgehead atoms. The molecule has 0 aliphatic heterocycles. The van der Waals surface area contributed by atoms with Crippen LogP contribution in [0.2, 0.25) is 5.02 Å². The largest absolute Gasteiger partial charge is 0.481 e. The van der Waals surface area contributed by atoms with E-state index < -0.39 is 29.2 Å². The van der Waals surface area contributed by atoms with Crippen molar-refractivity contribution in [3.63, 3.8) is 0 Å². The van der Waals surface area contributed by atoms with Gasteiger partial charge in [0.1, 0.15) is 5.65 Å². The minimum Gasteiger partial charge on any atom is -0.481 e. The predicted molar refractivity (Wildman–Crippen MR) is 118 cm³/mol. The first-order valence-electron chi connectivity index (χ1n) is 10.4. The Labute approximate surface area is 184 Å². The number of hydrogen-bond acceptors (Lipinski definition) is 5. The smallest absolute Gasteiger partial charge is 0.308 e. The average molecular weight is 446 g/mol. The highest BCUT2D eigenvalue weighted by Crippen LogP contribution is 2.34. The van der Waals surface area contributed by atoms with E-state index in [-0.39, 0.29) is 11.5 Å². The van der Waals surface area contributed by atoms with Crippen molar-refractivity contribution in [2.75, 3.05) is 5.32 Å². The van der Waals surface area contributed by atoms with Gasteiger partial charge in [0.05, 0.1) is 16.6 Å². The van der Waals surface area contributed by atoms with E-state index >= 15 is 4.39 Å². The second-order valence-corrected chi connectivity index (χ2v) is 9.48. The Hall–Kier alpha value is -2.74. The molecule has 9 heteroatoms. The van der Waals surface area contributed by atoms with E-state index in [4.69, 9.17) is 11.6 Å². The summed E-state index contributed by atoms with van der Waals surface area (Å²) >= 11 is 6.12. The minimum absolute atomic E-state index is 0.0254. The number of aromatic nitrogens is 4. The number of rotatable bonds is 4. The zero-order valence-corrected chi connectivity index (χ0v) is 18.4. The number of H-pyrrole nitrogens is 1.